The molecule has 1 N–H and O–H groups in total. The van der Waals surface area contributed by atoms with Crippen LogP contribution in [0.4, 0.5) is 14.6 Å². The largest absolute Gasteiger partial charge is 0.457 e. The number of allylic oxidation sites excluding steroid dienone is 1. The number of carbonyl (C=O) groups is 2. The molecule has 4 rings (SSSR count). The normalized spacial score (nSPS) is 17.6. The van der Waals surface area contributed by atoms with Crippen molar-refractivity contribution in [3.05, 3.63) is 66.0 Å². The summed E-state index contributed by atoms with van der Waals surface area (Å²) in [6.45, 7) is 5.53. The van der Waals surface area contributed by atoms with Crippen LogP contribution in [0.5, 0.6) is 5.75 Å². The second kappa shape index (κ2) is 9.16. The summed E-state index contributed by atoms with van der Waals surface area (Å²) in [6, 6.07) is 4.10. The third-order valence-corrected chi connectivity index (χ3v) is 5.17. The molecule has 34 heavy (non-hydrogen) atoms. The van der Waals surface area contributed by atoms with Crippen LogP contribution < -0.4 is 10.1 Å². The number of aromatic nitrogens is 2. The van der Waals surface area contributed by atoms with E-state index in [4.69, 9.17) is 14.2 Å². The molecule has 180 valence electrons. The van der Waals surface area contributed by atoms with Crippen LogP contribution in [0, 0.1) is 11.6 Å². The number of carbonyl (C=O) groups excluding carboxylic acids is 2. The van der Waals surface area contributed by atoms with Crippen molar-refractivity contribution in [3.8, 4) is 5.75 Å². The third-order valence-electron chi connectivity index (χ3n) is 5.17. The molecule has 0 aliphatic carbocycles. The fraction of sp³-hybridized carbons (Fsp3) is 0.348. The van der Waals surface area contributed by atoms with Gasteiger partial charge in [0.05, 0.1) is 6.54 Å². The van der Waals surface area contributed by atoms with Crippen LogP contribution in [-0.2, 0) is 25.6 Å². The first kappa shape index (κ1) is 23.3. The number of rotatable bonds is 8. The predicted octanol–water partition coefficient (Wildman–Crippen LogP) is 3.31. The van der Waals surface area contributed by atoms with Crippen molar-refractivity contribution in [3.63, 3.8) is 0 Å². The number of hydrogen-bond acceptors (Lipinski definition) is 6. The Bertz CT molecular complexity index is 1150. The van der Waals surface area contributed by atoms with Crippen molar-refractivity contribution in [1.82, 2.24) is 14.7 Å². The first-order valence-electron chi connectivity index (χ1n) is 10.7. The second-order valence-electron chi connectivity index (χ2n) is 8.25. The Morgan fingerprint density at radius 3 is 2.68 bits per heavy atom. The molecule has 0 fully saturated rings. The van der Waals surface area contributed by atoms with Gasteiger partial charge >= 0.3 is 0 Å². The van der Waals surface area contributed by atoms with Crippen molar-refractivity contribution < 1.29 is 32.6 Å². The van der Waals surface area contributed by atoms with Gasteiger partial charge in [0, 0.05) is 32.2 Å². The molecule has 0 saturated heterocycles. The highest BCUT2D eigenvalue weighted by Crippen LogP contribution is 2.27. The van der Waals surface area contributed by atoms with Gasteiger partial charge in [-0.1, -0.05) is 13.0 Å². The van der Waals surface area contributed by atoms with E-state index in [-0.39, 0.29) is 12.3 Å². The van der Waals surface area contributed by atoms with Crippen molar-refractivity contribution in [1.29, 1.82) is 0 Å². The first-order chi connectivity index (χ1) is 16.1. The zero-order chi connectivity index (χ0) is 24.5. The number of anilines is 1. The molecule has 0 saturated carbocycles. The molecule has 0 bridgehead atoms. The molecular weight excluding hydrogens is 450 g/mol. The maximum Gasteiger partial charge on any atom is 0.251 e. The molecule has 1 unspecified atom stereocenters. The molecular formula is C23H24F2N4O5. The van der Waals surface area contributed by atoms with Crippen molar-refractivity contribution in [2.45, 2.75) is 45.6 Å². The molecule has 11 heteroatoms. The zero-order valence-corrected chi connectivity index (χ0v) is 18.9. The average molecular weight is 474 g/mol. The number of benzene rings is 1. The summed E-state index contributed by atoms with van der Waals surface area (Å²) >= 11 is 0. The van der Waals surface area contributed by atoms with E-state index in [0.717, 1.165) is 18.2 Å². The fourth-order valence-corrected chi connectivity index (χ4v) is 3.62. The van der Waals surface area contributed by atoms with Gasteiger partial charge in [-0.25, -0.2) is 8.78 Å². The van der Waals surface area contributed by atoms with E-state index in [1.165, 1.54) is 17.2 Å². The molecule has 1 aromatic carbocycles. The van der Waals surface area contributed by atoms with Crippen LogP contribution in [0.15, 0.2) is 54.3 Å². The van der Waals surface area contributed by atoms with Crippen molar-refractivity contribution in [2.75, 3.05) is 11.9 Å². The number of ether oxygens (including phenoxy) is 3. The summed E-state index contributed by atoms with van der Waals surface area (Å²) < 4.78 is 45.6. The van der Waals surface area contributed by atoms with Gasteiger partial charge in [0.2, 0.25) is 11.7 Å². The summed E-state index contributed by atoms with van der Waals surface area (Å²) in [4.78, 5) is 26.7. The number of amides is 2. The number of nitrogens with one attached hydrogen (secondary N) is 1. The van der Waals surface area contributed by atoms with Crippen LogP contribution >= 0.6 is 0 Å². The van der Waals surface area contributed by atoms with Gasteiger partial charge in [-0.2, -0.15) is 5.10 Å². The van der Waals surface area contributed by atoms with Gasteiger partial charge in [0.1, 0.15) is 24.6 Å². The lowest BCUT2D eigenvalue weighted by Crippen LogP contribution is -2.45. The predicted molar refractivity (Wildman–Crippen MR) is 116 cm³/mol. The SMILES string of the molecule is CCC(C(=O)Nc1ccn(CC2=COC(C)(C)O2)n1)N1CC(Oc2c(F)cccc2F)=CC1=O. The highest BCUT2D eigenvalue weighted by molar-refractivity contribution is 5.99. The standard InChI is InChI=1S/C23H24F2N4O5/c1-4-18(29-12-14(10-20(29)30)33-21-16(24)6-5-7-17(21)25)22(31)26-19-8-9-28(27-19)11-15-13-32-23(2,3)34-15/h5-10,13,18H,4,11-12H2,1-3H3,(H,26,27,31). The Labute approximate surface area is 194 Å². The van der Waals surface area contributed by atoms with E-state index >= 15 is 0 Å². The quantitative estimate of drug-likeness (QED) is 0.631. The van der Waals surface area contributed by atoms with E-state index in [0.29, 0.717) is 24.5 Å². The monoisotopic (exact) mass is 474 g/mol. The Morgan fingerprint density at radius 2 is 2.03 bits per heavy atom. The van der Waals surface area contributed by atoms with Gasteiger partial charge in [-0.15, -0.1) is 0 Å². The molecule has 2 aliphatic rings. The summed E-state index contributed by atoms with van der Waals surface area (Å²) in [5.74, 6) is -3.12. The molecule has 9 nitrogen and oxygen atoms in total. The number of nitrogens with zero attached hydrogens (tertiary/aromatic N) is 3. The topological polar surface area (TPSA) is 94.9 Å². The van der Waals surface area contributed by atoms with Gasteiger partial charge in [0.25, 0.3) is 5.91 Å². The van der Waals surface area contributed by atoms with Gasteiger partial charge < -0.3 is 24.4 Å². The lowest BCUT2D eigenvalue weighted by atomic mass is 10.2. The van der Waals surface area contributed by atoms with Crippen LogP contribution in [-0.4, -0.2) is 44.9 Å². The average Bonchev–Trinajstić information content (AvgIpc) is 3.45. The van der Waals surface area contributed by atoms with Crippen molar-refractivity contribution >= 4 is 17.6 Å². The van der Waals surface area contributed by atoms with Crippen LogP contribution in [0.1, 0.15) is 27.2 Å². The Balaban J connectivity index is 1.37. The molecule has 0 radical (unpaired) electrons. The minimum absolute atomic E-state index is 0.0412. The lowest BCUT2D eigenvalue weighted by molar-refractivity contribution is -0.133. The molecule has 2 aromatic rings. The fourth-order valence-electron chi connectivity index (χ4n) is 3.62. The van der Waals surface area contributed by atoms with Crippen molar-refractivity contribution in [2.24, 2.45) is 0 Å². The number of halogens is 2. The lowest BCUT2D eigenvalue weighted by Gasteiger charge is -2.25. The molecule has 1 atom stereocenters. The van der Waals surface area contributed by atoms with E-state index < -0.39 is 41.0 Å². The van der Waals surface area contributed by atoms with Gasteiger partial charge in [-0.05, 0) is 18.6 Å². The smallest absolute Gasteiger partial charge is 0.251 e. The summed E-state index contributed by atoms with van der Waals surface area (Å²) in [6.07, 6.45) is 4.62. The van der Waals surface area contributed by atoms with Crippen LogP contribution in [0.25, 0.3) is 0 Å². The number of para-hydroxylation sites is 1. The molecule has 3 heterocycles. The Kier molecular flexibility index (Phi) is 6.27. The third kappa shape index (κ3) is 5.03. The van der Waals surface area contributed by atoms with Crippen LogP contribution in [0.3, 0.4) is 0 Å². The zero-order valence-electron chi connectivity index (χ0n) is 18.9. The number of hydrogen-bond donors (Lipinski definition) is 1. The molecule has 2 amide bonds. The van der Waals surface area contributed by atoms with Gasteiger partial charge in [0.15, 0.2) is 29.0 Å². The molecule has 1 aromatic heterocycles. The molecule has 0 spiro atoms. The Hall–Kier alpha value is -3.89. The Morgan fingerprint density at radius 1 is 1.29 bits per heavy atom. The highest BCUT2D eigenvalue weighted by atomic mass is 19.1. The maximum absolute atomic E-state index is 13.9. The first-order valence-corrected chi connectivity index (χ1v) is 10.7. The summed E-state index contributed by atoms with van der Waals surface area (Å²) in [5.41, 5.74) is 0. The maximum atomic E-state index is 13.9. The van der Waals surface area contributed by atoms with Crippen LogP contribution in [0.2, 0.25) is 0 Å². The second-order valence-corrected chi connectivity index (χ2v) is 8.25. The van der Waals surface area contributed by atoms with E-state index in [1.54, 1.807) is 37.7 Å². The van der Waals surface area contributed by atoms with E-state index in [2.05, 4.69) is 10.4 Å². The van der Waals surface area contributed by atoms with E-state index in [1.807, 2.05) is 0 Å². The van der Waals surface area contributed by atoms with E-state index in [9.17, 15) is 18.4 Å². The van der Waals surface area contributed by atoms with Gasteiger partial charge in [-0.3, -0.25) is 14.3 Å². The highest BCUT2D eigenvalue weighted by Gasteiger charge is 2.34. The minimum Gasteiger partial charge on any atom is -0.457 e. The molecule has 2 aliphatic heterocycles. The minimum atomic E-state index is -0.888. The summed E-state index contributed by atoms with van der Waals surface area (Å²) in [5, 5.41) is 6.99. The summed E-state index contributed by atoms with van der Waals surface area (Å²) in [7, 11) is 0.